The number of ether oxygens (including phenoxy) is 2. The number of esters is 1. The number of allylic oxidation sites excluding steroid dienone is 2. The number of aryl methyl sites for hydroxylation is 1. The minimum absolute atomic E-state index is 0.0354. The first kappa shape index (κ1) is 27.3. The highest BCUT2D eigenvalue weighted by molar-refractivity contribution is 6.13. The van der Waals surface area contributed by atoms with Gasteiger partial charge in [0.25, 0.3) is 0 Å². The summed E-state index contributed by atoms with van der Waals surface area (Å²) in [5.74, 6) is 0.620. The van der Waals surface area contributed by atoms with Crippen LogP contribution in [-0.2, 0) is 22.7 Å². The van der Waals surface area contributed by atoms with Crippen molar-refractivity contribution in [3.05, 3.63) is 78.0 Å². The number of ketones is 1. The Kier molecular flexibility index (Phi) is 11.3. The van der Waals surface area contributed by atoms with Crippen molar-refractivity contribution >= 4 is 22.7 Å². The number of aromatic nitrogens is 1. The highest BCUT2D eigenvalue weighted by Gasteiger charge is 2.13. The minimum Gasteiger partial charge on any atom is -0.494 e. The number of hydrogen-bond acceptors (Lipinski definition) is 4. The molecule has 3 aromatic rings. The Balaban J connectivity index is 1.49. The van der Waals surface area contributed by atoms with Crippen molar-refractivity contribution in [2.75, 3.05) is 6.61 Å². The number of rotatable bonds is 16. The molecule has 5 nitrogen and oxygen atoms in total. The van der Waals surface area contributed by atoms with Crippen LogP contribution < -0.4 is 4.74 Å². The predicted octanol–water partition coefficient (Wildman–Crippen LogP) is 7.66. The molecule has 1 heterocycles. The van der Waals surface area contributed by atoms with Gasteiger partial charge in [-0.25, -0.2) is 0 Å². The molecule has 0 saturated carbocycles. The van der Waals surface area contributed by atoms with Gasteiger partial charge in [-0.2, -0.15) is 0 Å². The molecule has 0 atom stereocenters. The zero-order chi connectivity index (χ0) is 25.6. The quantitative estimate of drug-likeness (QED) is 0.0897. The smallest absolute Gasteiger partial charge is 0.306 e. The van der Waals surface area contributed by atoms with Crippen LogP contribution in [0.15, 0.2) is 66.9 Å². The summed E-state index contributed by atoms with van der Waals surface area (Å²) in [6, 6.07) is 15.5. The second-order valence-electron chi connectivity index (χ2n) is 9.06. The number of benzene rings is 2. The van der Waals surface area contributed by atoms with Gasteiger partial charge >= 0.3 is 5.97 Å². The molecule has 0 aliphatic rings. The van der Waals surface area contributed by atoms with Crippen molar-refractivity contribution in [2.45, 2.75) is 78.4 Å². The van der Waals surface area contributed by atoms with Crippen LogP contribution in [0.2, 0.25) is 0 Å². The van der Waals surface area contributed by atoms with Gasteiger partial charge in [0.2, 0.25) is 0 Å². The lowest BCUT2D eigenvalue weighted by atomic mass is 10.1. The molecule has 2 aromatic carbocycles. The van der Waals surface area contributed by atoms with Gasteiger partial charge in [0.05, 0.1) is 6.61 Å². The number of unbranched alkanes of at least 4 members (excludes halogenated alkanes) is 5. The SMILES string of the molecule is CCCCCCCC=CC(=O)c1cn(CCCC(=O)OCc2ccc(OCC)cc2)c2ccccc12. The summed E-state index contributed by atoms with van der Waals surface area (Å²) in [5, 5.41) is 0.952. The third-order valence-corrected chi connectivity index (χ3v) is 6.21. The van der Waals surface area contributed by atoms with Crippen molar-refractivity contribution in [1.82, 2.24) is 4.57 Å². The van der Waals surface area contributed by atoms with Gasteiger partial charge < -0.3 is 14.0 Å². The average Bonchev–Trinajstić information content (AvgIpc) is 3.26. The van der Waals surface area contributed by atoms with Gasteiger partial charge in [-0.05, 0) is 56.0 Å². The molecule has 5 heteroatoms. The van der Waals surface area contributed by atoms with Crippen molar-refractivity contribution in [2.24, 2.45) is 0 Å². The van der Waals surface area contributed by atoms with Crippen molar-refractivity contribution in [1.29, 1.82) is 0 Å². The third-order valence-electron chi connectivity index (χ3n) is 6.21. The fourth-order valence-electron chi connectivity index (χ4n) is 4.25. The van der Waals surface area contributed by atoms with Crippen LogP contribution in [0.3, 0.4) is 0 Å². The Labute approximate surface area is 215 Å². The minimum atomic E-state index is -0.224. The van der Waals surface area contributed by atoms with Gasteiger partial charge in [0.15, 0.2) is 5.78 Å². The molecule has 1 aromatic heterocycles. The summed E-state index contributed by atoms with van der Waals surface area (Å²) < 4.78 is 12.9. The third kappa shape index (κ3) is 8.40. The predicted molar refractivity (Wildman–Crippen MR) is 145 cm³/mol. The number of carbonyl (C=O) groups excluding carboxylic acids is 2. The lowest BCUT2D eigenvalue weighted by Crippen LogP contribution is -2.06. The van der Waals surface area contributed by atoms with Crippen LogP contribution in [0.5, 0.6) is 5.75 Å². The standard InChI is InChI=1S/C31H39NO4/c1-3-5-6-7-8-9-10-16-30(33)28-23-32(29-15-12-11-14-27(28)29)22-13-17-31(34)36-24-25-18-20-26(21-19-25)35-4-2/h10-12,14-16,18-21,23H,3-9,13,17,22,24H2,1-2H3. The monoisotopic (exact) mass is 489 g/mol. The first-order valence-electron chi connectivity index (χ1n) is 13.3. The van der Waals surface area contributed by atoms with E-state index in [4.69, 9.17) is 9.47 Å². The normalized spacial score (nSPS) is 11.3. The number of hydrogen-bond donors (Lipinski definition) is 0. The lowest BCUT2D eigenvalue weighted by molar-refractivity contribution is -0.145. The molecule has 0 N–H and O–H groups in total. The zero-order valence-electron chi connectivity index (χ0n) is 21.7. The molecule has 0 fully saturated rings. The van der Waals surface area contributed by atoms with Crippen molar-refractivity contribution < 1.29 is 19.1 Å². The lowest BCUT2D eigenvalue weighted by Gasteiger charge is -2.08. The van der Waals surface area contributed by atoms with Gasteiger partial charge in [0.1, 0.15) is 12.4 Å². The van der Waals surface area contributed by atoms with Crippen LogP contribution >= 0.6 is 0 Å². The average molecular weight is 490 g/mol. The van der Waals surface area contributed by atoms with E-state index in [1.807, 2.05) is 67.7 Å². The summed E-state index contributed by atoms with van der Waals surface area (Å²) in [5.41, 5.74) is 2.66. The molecule has 0 saturated heterocycles. The Bertz CT molecular complexity index is 1130. The molecule has 0 radical (unpaired) electrons. The highest BCUT2D eigenvalue weighted by Crippen LogP contribution is 2.23. The second kappa shape index (κ2) is 14.9. The van der Waals surface area contributed by atoms with E-state index in [-0.39, 0.29) is 18.4 Å². The number of nitrogens with zero attached hydrogens (tertiary/aromatic N) is 1. The summed E-state index contributed by atoms with van der Waals surface area (Å²) in [7, 11) is 0. The Morgan fingerprint density at radius 2 is 1.69 bits per heavy atom. The molecule has 36 heavy (non-hydrogen) atoms. The summed E-state index contributed by atoms with van der Waals surface area (Å²) in [6.45, 7) is 5.68. The van der Waals surface area contributed by atoms with Crippen LogP contribution in [0.4, 0.5) is 0 Å². The maximum absolute atomic E-state index is 12.9. The van der Waals surface area contributed by atoms with Crippen molar-refractivity contribution in [3.8, 4) is 5.75 Å². The maximum Gasteiger partial charge on any atom is 0.306 e. The van der Waals surface area contributed by atoms with Gasteiger partial charge in [0, 0.05) is 35.6 Å². The van der Waals surface area contributed by atoms with E-state index in [9.17, 15) is 9.59 Å². The van der Waals surface area contributed by atoms with E-state index >= 15 is 0 Å². The van der Waals surface area contributed by atoms with E-state index in [0.717, 1.165) is 35.1 Å². The highest BCUT2D eigenvalue weighted by atomic mass is 16.5. The molecular weight excluding hydrogens is 450 g/mol. The Morgan fingerprint density at radius 1 is 0.917 bits per heavy atom. The summed E-state index contributed by atoms with van der Waals surface area (Å²) in [6.07, 6.45) is 13.7. The summed E-state index contributed by atoms with van der Waals surface area (Å²) >= 11 is 0. The van der Waals surface area contributed by atoms with E-state index in [1.165, 1.54) is 25.7 Å². The Morgan fingerprint density at radius 3 is 2.47 bits per heavy atom. The first-order valence-corrected chi connectivity index (χ1v) is 13.3. The number of fused-ring (bicyclic) bond motifs is 1. The maximum atomic E-state index is 12.9. The van der Waals surface area contributed by atoms with Crippen LogP contribution in [0.25, 0.3) is 10.9 Å². The van der Waals surface area contributed by atoms with Crippen LogP contribution in [-0.4, -0.2) is 22.9 Å². The van der Waals surface area contributed by atoms with Crippen LogP contribution in [0, 0.1) is 0 Å². The second-order valence-corrected chi connectivity index (χ2v) is 9.06. The molecule has 0 amide bonds. The van der Waals surface area contributed by atoms with Gasteiger partial charge in [-0.15, -0.1) is 0 Å². The van der Waals surface area contributed by atoms with Gasteiger partial charge in [-0.1, -0.05) is 69.0 Å². The van der Waals surface area contributed by atoms with E-state index in [0.29, 0.717) is 31.6 Å². The Hall–Kier alpha value is -3.34. The van der Waals surface area contributed by atoms with E-state index < -0.39 is 0 Å². The zero-order valence-corrected chi connectivity index (χ0v) is 21.7. The largest absolute Gasteiger partial charge is 0.494 e. The number of carbonyl (C=O) groups is 2. The fraction of sp³-hybridized carbons (Fsp3) is 0.419. The fourth-order valence-corrected chi connectivity index (χ4v) is 4.25. The molecule has 192 valence electrons. The molecule has 0 spiro atoms. The molecule has 0 aliphatic carbocycles. The first-order chi connectivity index (χ1) is 17.6. The molecular formula is C31H39NO4. The topological polar surface area (TPSA) is 57.5 Å². The molecule has 0 bridgehead atoms. The van der Waals surface area contributed by atoms with E-state index in [1.54, 1.807) is 6.08 Å². The van der Waals surface area contributed by atoms with Gasteiger partial charge in [-0.3, -0.25) is 9.59 Å². The molecule has 3 rings (SSSR count). The van der Waals surface area contributed by atoms with Crippen molar-refractivity contribution in [3.63, 3.8) is 0 Å². The summed E-state index contributed by atoms with van der Waals surface area (Å²) in [4.78, 5) is 25.1. The molecule has 0 unspecified atom stereocenters. The number of para-hydroxylation sites is 1. The van der Waals surface area contributed by atoms with E-state index in [2.05, 4.69) is 11.5 Å². The molecule has 0 aliphatic heterocycles. The van der Waals surface area contributed by atoms with Crippen LogP contribution in [0.1, 0.15) is 81.1 Å².